The van der Waals surface area contributed by atoms with Gasteiger partial charge in [0.15, 0.2) is 0 Å². The second kappa shape index (κ2) is 3.46. The van der Waals surface area contributed by atoms with Gasteiger partial charge in [-0.15, -0.1) is 22.7 Å². The van der Waals surface area contributed by atoms with Crippen molar-refractivity contribution in [1.29, 1.82) is 0 Å². The highest BCUT2D eigenvalue weighted by molar-refractivity contribution is 9.10. The van der Waals surface area contributed by atoms with Crippen molar-refractivity contribution in [3.8, 4) is 9.88 Å². The first-order valence-corrected chi connectivity index (χ1v) is 6.04. The summed E-state index contributed by atoms with van der Waals surface area (Å²) in [5, 5.41) is 5.42. The average Bonchev–Trinajstić information content (AvgIpc) is 2.58. The summed E-state index contributed by atoms with van der Waals surface area (Å²) in [5.74, 6) is 0. The van der Waals surface area contributed by atoms with E-state index in [1.807, 2.05) is 16.8 Å². The quantitative estimate of drug-likeness (QED) is 0.759. The number of halogens is 2. The Hall–Kier alpha value is 0.1000. The maximum absolute atomic E-state index is 5.71. The van der Waals surface area contributed by atoms with Crippen LogP contribution in [-0.2, 0) is 0 Å². The predicted octanol–water partition coefficient (Wildman–Crippen LogP) is 4.29. The zero-order valence-corrected chi connectivity index (χ0v) is 9.73. The molecule has 0 amide bonds. The van der Waals surface area contributed by atoms with Crippen molar-refractivity contribution in [3.05, 3.63) is 26.5 Å². The normalized spacial score (nSPS) is 10.5. The summed E-state index contributed by atoms with van der Waals surface area (Å²) in [4.78, 5) is 5.32. The zero-order chi connectivity index (χ0) is 8.55. The van der Waals surface area contributed by atoms with E-state index in [1.165, 1.54) is 0 Å². The van der Waals surface area contributed by atoms with E-state index in [4.69, 9.17) is 11.6 Å². The Morgan fingerprint density at radius 3 is 2.67 bits per heavy atom. The molecule has 0 aliphatic heterocycles. The first-order valence-electron chi connectivity index (χ1n) is 3.11. The van der Waals surface area contributed by atoms with E-state index in [-0.39, 0.29) is 0 Å². The minimum Gasteiger partial charge on any atom is -0.224 e. The molecule has 0 aliphatic rings. The third-order valence-electron chi connectivity index (χ3n) is 1.25. The minimum atomic E-state index is 0.569. The van der Waals surface area contributed by atoms with Gasteiger partial charge in [0.05, 0.1) is 4.88 Å². The van der Waals surface area contributed by atoms with Crippen LogP contribution in [0.1, 0.15) is 0 Å². The van der Waals surface area contributed by atoms with Crippen LogP contribution in [0.5, 0.6) is 0 Å². The highest BCUT2D eigenvalue weighted by Gasteiger charge is 2.05. The number of aromatic nitrogens is 1. The molecule has 0 saturated heterocycles. The highest BCUT2D eigenvalue weighted by Crippen LogP contribution is 2.32. The van der Waals surface area contributed by atoms with Crippen LogP contribution in [0.25, 0.3) is 9.88 Å². The Morgan fingerprint density at radius 1 is 1.33 bits per heavy atom. The molecule has 0 fully saturated rings. The highest BCUT2D eigenvalue weighted by atomic mass is 79.9. The van der Waals surface area contributed by atoms with Crippen LogP contribution in [0.15, 0.2) is 21.3 Å². The lowest BCUT2D eigenvalue weighted by atomic mass is 10.5. The van der Waals surface area contributed by atoms with Gasteiger partial charge in [0.2, 0.25) is 0 Å². The van der Waals surface area contributed by atoms with Gasteiger partial charge in [-0.05, 0) is 22.0 Å². The molecule has 0 bridgehead atoms. The Labute approximate surface area is 91.2 Å². The van der Waals surface area contributed by atoms with E-state index >= 15 is 0 Å². The fourth-order valence-corrected chi connectivity index (χ4v) is 3.25. The van der Waals surface area contributed by atoms with Crippen molar-refractivity contribution in [2.75, 3.05) is 0 Å². The largest absolute Gasteiger partial charge is 0.224 e. The van der Waals surface area contributed by atoms with Crippen molar-refractivity contribution in [1.82, 2.24) is 4.98 Å². The van der Waals surface area contributed by atoms with E-state index in [0.717, 1.165) is 14.4 Å². The summed E-state index contributed by atoms with van der Waals surface area (Å²) in [6, 6.07) is 2.04. The third kappa shape index (κ3) is 1.71. The van der Waals surface area contributed by atoms with Crippen LogP contribution < -0.4 is 0 Å². The summed E-state index contributed by atoms with van der Waals surface area (Å²) >= 11 is 12.3. The van der Waals surface area contributed by atoms with Gasteiger partial charge in [0, 0.05) is 15.2 Å². The van der Waals surface area contributed by atoms with Crippen molar-refractivity contribution >= 4 is 50.2 Å². The molecule has 1 nitrogen and oxygen atoms in total. The molecule has 0 N–H and O–H groups in total. The first-order chi connectivity index (χ1) is 5.75. The van der Waals surface area contributed by atoms with Gasteiger partial charge in [-0.3, -0.25) is 0 Å². The summed E-state index contributed by atoms with van der Waals surface area (Å²) < 4.78 is 1.09. The van der Waals surface area contributed by atoms with Gasteiger partial charge in [0.25, 0.3) is 0 Å². The number of rotatable bonds is 1. The molecule has 0 radical (unpaired) electrons. The van der Waals surface area contributed by atoms with Gasteiger partial charge in [0.1, 0.15) is 10.2 Å². The predicted molar refractivity (Wildman–Crippen MR) is 58.1 cm³/mol. The molecule has 0 aliphatic carbocycles. The Kier molecular flexibility index (Phi) is 2.50. The standard InChI is InChI=1S/C7H3BrClNS2/c8-4-1-5(11-2-4)7-10-6(9)3-12-7/h1-3H. The Morgan fingerprint density at radius 2 is 2.17 bits per heavy atom. The van der Waals surface area contributed by atoms with Crippen molar-refractivity contribution in [2.24, 2.45) is 0 Å². The minimum absolute atomic E-state index is 0.569. The van der Waals surface area contributed by atoms with Crippen LogP contribution >= 0.6 is 50.2 Å². The molecule has 0 spiro atoms. The van der Waals surface area contributed by atoms with Crippen LogP contribution in [0.3, 0.4) is 0 Å². The fraction of sp³-hybridized carbons (Fsp3) is 0. The number of hydrogen-bond donors (Lipinski definition) is 0. The van der Waals surface area contributed by atoms with Crippen LogP contribution in [0, 0.1) is 0 Å². The lowest BCUT2D eigenvalue weighted by molar-refractivity contribution is 1.43. The number of hydrogen-bond acceptors (Lipinski definition) is 3. The molecule has 2 aromatic heterocycles. The van der Waals surface area contributed by atoms with Gasteiger partial charge in [-0.1, -0.05) is 11.6 Å². The molecular weight excluding hydrogens is 278 g/mol. The van der Waals surface area contributed by atoms with E-state index in [1.54, 1.807) is 22.7 Å². The van der Waals surface area contributed by atoms with E-state index < -0.39 is 0 Å². The monoisotopic (exact) mass is 279 g/mol. The lowest BCUT2D eigenvalue weighted by Gasteiger charge is -1.84. The van der Waals surface area contributed by atoms with Crippen LogP contribution in [0.2, 0.25) is 5.15 Å². The van der Waals surface area contributed by atoms with Gasteiger partial charge < -0.3 is 0 Å². The molecular formula is C7H3BrClNS2. The summed E-state index contributed by atoms with van der Waals surface area (Å²) in [6.07, 6.45) is 0. The summed E-state index contributed by atoms with van der Waals surface area (Å²) in [5.41, 5.74) is 0. The SMILES string of the molecule is Clc1csc(-c2cc(Br)cs2)n1. The van der Waals surface area contributed by atoms with Gasteiger partial charge >= 0.3 is 0 Å². The van der Waals surface area contributed by atoms with E-state index in [2.05, 4.69) is 20.9 Å². The lowest BCUT2D eigenvalue weighted by Crippen LogP contribution is -1.66. The van der Waals surface area contributed by atoms with E-state index in [9.17, 15) is 0 Å². The van der Waals surface area contributed by atoms with E-state index in [0.29, 0.717) is 5.15 Å². The smallest absolute Gasteiger partial charge is 0.140 e. The Bertz CT molecular complexity index is 357. The molecule has 0 atom stereocenters. The number of nitrogens with zero attached hydrogens (tertiary/aromatic N) is 1. The van der Waals surface area contributed by atoms with Crippen molar-refractivity contribution in [2.45, 2.75) is 0 Å². The molecule has 0 saturated carbocycles. The van der Waals surface area contributed by atoms with Gasteiger partial charge in [-0.25, -0.2) is 4.98 Å². The molecule has 0 unspecified atom stereocenters. The summed E-state index contributed by atoms with van der Waals surface area (Å²) in [7, 11) is 0. The average molecular weight is 281 g/mol. The molecule has 5 heteroatoms. The zero-order valence-electron chi connectivity index (χ0n) is 5.75. The fourth-order valence-electron chi connectivity index (χ4n) is 0.793. The molecule has 2 rings (SSSR count). The third-order valence-corrected chi connectivity index (χ3v) is 4.28. The second-order valence-electron chi connectivity index (χ2n) is 2.10. The Balaban J connectivity index is 2.43. The molecule has 2 heterocycles. The number of thiophene rings is 1. The topological polar surface area (TPSA) is 12.9 Å². The molecule has 62 valence electrons. The van der Waals surface area contributed by atoms with Crippen LogP contribution in [-0.4, -0.2) is 4.98 Å². The number of thiazole rings is 1. The van der Waals surface area contributed by atoms with Crippen LogP contribution in [0.4, 0.5) is 0 Å². The maximum Gasteiger partial charge on any atom is 0.140 e. The van der Waals surface area contributed by atoms with Crippen molar-refractivity contribution in [3.63, 3.8) is 0 Å². The molecule has 12 heavy (non-hydrogen) atoms. The van der Waals surface area contributed by atoms with Gasteiger partial charge in [-0.2, -0.15) is 0 Å². The van der Waals surface area contributed by atoms with Crippen molar-refractivity contribution < 1.29 is 0 Å². The second-order valence-corrected chi connectivity index (χ2v) is 5.18. The molecule has 0 aromatic carbocycles. The first kappa shape index (κ1) is 8.69. The summed E-state index contributed by atoms with van der Waals surface area (Å²) in [6.45, 7) is 0. The maximum atomic E-state index is 5.71. The molecule has 2 aromatic rings.